The van der Waals surface area contributed by atoms with Crippen molar-refractivity contribution in [2.45, 2.75) is 17.0 Å². The van der Waals surface area contributed by atoms with Gasteiger partial charge in [-0.25, -0.2) is 4.98 Å². The molecule has 3 rings (SSSR count). The summed E-state index contributed by atoms with van der Waals surface area (Å²) in [6.07, 6.45) is 4.80. The van der Waals surface area contributed by atoms with Crippen LogP contribution in [0.5, 0.6) is 5.75 Å². The maximum atomic E-state index is 13.0. The molecule has 2 amide bonds. The van der Waals surface area contributed by atoms with E-state index >= 15 is 0 Å². The van der Waals surface area contributed by atoms with Gasteiger partial charge in [-0.3, -0.25) is 14.6 Å². The van der Waals surface area contributed by atoms with E-state index in [4.69, 9.17) is 0 Å². The number of nitrogens with zero attached hydrogens (tertiary/aromatic N) is 3. The lowest BCUT2D eigenvalue weighted by Gasteiger charge is -2.20. The van der Waals surface area contributed by atoms with E-state index in [0.717, 1.165) is 5.56 Å². The van der Waals surface area contributed by atoms with E-state index in [9.17, 15) is 18.4 Å². The Morgan fingerprint density at radius 1 is 1.06 bits per heavy atom. The summed E-state index contributed by atoms with van der Waals surface area (Å²) in [5.41, 5.74) is 1.48. The van der Waals surface area contributed by atoms with E-state index < -0.39 is 17.9 Å². The van der Waals surface area contributed by atoms with Crippen molar-refractivity contribution in [2.75, 3.05) is 26.0 Å². The van der Waals surface area contributed by atoms with Gasteiger partial charge in [-0.15, -0.1) is 0 Å². The summed E-state index contributed by atoms with van der Waals surface area (Å²) in [6.45, 7) is -2.73. The topological polar surface area (TPSA) is 96.5 Å². The first-order chi connectivity index (χ1) is 16.3. The number of aromatic nitrogens is 2. The third kappa shape index (κ3) is 7.49. The summed E-state index contributed by atoms with van der Waals surface area (Å²) in [6, 6.07) is 12.4. The fourth-order valence-corrected chi connectivity index (χ4v) is 4.00. The Bertz CT molecular complexity index is 1100. The Morgan fingerprint density at radius 2 is 1.76 bits per heavy atom. The van der Waals surface area contributed by atoms with Gasteiger partial charge in [-0.2, -0.15) is 8.78 Å². The Hall–Kier alpha value is -3.57. The quantitative estimate of drug-likeness (QED) is 0.332. The number of alkyl halides is 2. The van der Waals surface area contributed by atoms with Gasteiger partial charge >= 0.3 is 6.61 Å². The summed E-state index contributed by atoms with van der Waals surface area (Å²) in [5, 5.41) is 5.57. The third-order valence-electron chi connectivity index (χ3n) is 4.34. The normalized spacial score (nSPS) is 11.8. The molecular weight excluding hydrogens is 464 g/mol. The second-order valence-electron chi connectivity index (χ2n) is 7.30. The zero-order valence-electron chi connectivity index (χ0n) is 18.4. The fourth-order valence-electron chi connectivity index (χ4n) is 2.89. The van der Waals surface area contributed by atoms with Crippen LogP contribution in [0.1, 0.15) is 21.3 Å². The molecule has 8 nitrogen and oxygen atoms in total. The van der Waals surface area contributed by atoms with Gasteiger partial charge in [0.25, 0.3) is 5.91 Å². The molecular formula is C23H23F2N5O3S. The van der Waals surface area contributed by atoms with Crippen LogP contribution in [-0.4, -0.2) is 53.9 Å². The summed E-state index contributed by atoms with van der Waals surface area (Å²) in [4.78, 5) is 35.5. The molecule has 178 valence electrons. The van der Waals surface area contributed by atoms with Gasteiger partial charge < -0.3 is 20.3 Å². The van der Waals surface area contributed by atoms with Crippen LogP contribution in [0.2, 0.25) is 0 Å². The molecule has 1 unspecified atom stereocenters. The molecule has 0 radical (unpaired) electrons. The van der Waals surface area contributed by atoms with Crippen LogP contribution in [0.25, 0.3) is 0 Å². The molecule has 1 aromatic carbocycles. The third-order valence-corrected chi connectivity index (χ3v) is 5.52. The maximum absolute atomic E-state index is 13.0. The SMILES string of the molecule is CN(C)CC(=O)NC(Sc1ncccc1C(=O)Nc1ccc(OC(F)F)cc1)c1ccncc1. The summed E-state index contributed by atoms with van der Waals surface area (Å²) >= 11 is 1.22. The summed E-state index contributed by atoms with van der Waals surface area (Å²) in [7, 11) is 3.59. The minimum atomic E-state index is -2.93. The number of carbonyl (C=O) groups is 2. The summed E-state index contributed by atoms with van der Waals surface area (Å²) < 4.78 is 29.0. The van der Waals surface area contributed by atoms with E-state index in [1.165, 1.54) is 36.0 Å². The molecule has 34 heavy (non-hydrogen) atoms. The molecule has 0 aliphatic heterocycles. The van der Waals surface area contributed by atoms with Crippen LogP contribution < -0.4 is 15.4 Å². The molecule has 0 saturated heterocycles. The minimum absolute atomic E-state index is 0.0146. The smallest absolute Gasteiger partial charge is 0.387 e. The van der Waals surface area contributed by atoms with Crippen LogP contribution in [0.3, 0.4) is 0 Å². The summed E-state index contributed by atoms with van der Waals surface area (Å²) in [5.74, 6) is -0.641. The van der Waals surface area contributed by atoms with E-state index in [0.29, 0.717) is 16.3 Å². The number of nitrogens with one attached hydrogen (secondary N) is 2. The van der Waals surface area contributed by atoms with Gasteiger partial charge in [0.2, 0.25) is 5.91 Å². The van der Waals surface area contributed by atoms with Crippen molar-refractivity contribution in [3.63, 3.8) is 0 Å². The maximum Gasteiger partial charge on any atom is 0.387 e. The number of likely N-dealkylation sites (N-methyl/N-ethyl adjacent to an activating group) is 1. The number of pyridine rings is 2. The molecule has 0 fully saturated rings. The number of halogens is 2. The monoisotopic (exact) mass is 487 g/mol. The van der Waals surface area contributed by atoms with Gasteiger partial charge in [0.1, 0.15) is 16.1 Å². The second kappa shape index (κ2) is 12.1. The lowest BCUT2D eigenvalue weighted by molar-refractivity contribution is -0.121. The highest BCUT2D eigenvalue weighted by Crippen LogP contribution is 2.34. The molecule has 2 aromatic heterocycles. The zero-order valence-corrected chi connectivity index (χ0v) is 19.3. The first kappa shape index (κ1) is 25.1. The van der Waals surface area contributed by atoms with Crippen molar-refractivity contribution in [3.05, 3.63) is 78.2 Å². The largest absolute Gasteiger partial charge is 0.435 e. The van der Waals surface area contributed by atoms with E-state index in [2.05, 4.69) is 25.3 Å². The molecule has 1 atom stereocenters. The average Bonchev–Trinajstić information content (AvgIpc) is 2.80. The molecule has 2 N–H and O–H groups in total. The van der Waals surface area contributed by atoms with E-state index in [-0.39, 0.29) is 18.2 Å². The van der Waals surface area contributed by atoms with Crippen molar-refractivity contribution < 1.29 is 23.1 Å². The van der Waals surface area contributed by atoms with Crippen molar-refractivity contribution in [3.8, 4) is 5.75 Å². The van der Waals surface area contributed by atoms with Crippen LogP contribution in [0.15, 0.2) is 72.1 Å². The molecule has 0 bridgehead atoms. The van der Waals surface area contributed by atoms with Crippen molar-refractivity contribution in [2.24, 2.45) is 0 Å². The molecule has 0 aliphatic rings. The van der Waals surface area contributed by atoms with Gasteiger partial charge in [0.05, 0.1) is 12.1 Å². The number of thioether (sulfide) groups is 1. The van der Waals surface area contributed by atoms with Gasteiger partial charge in [-0.05, 0) is 68.2 Å². The number of rotatable bonds is 10. The van der Waals surface area contributed by atoms with Gasteiger partial charge in [0.15, 0.2) is 0 Å². The Labute approximate surface area is 199 Å². The van der Waals surface area contributed by atoms with Crippen LogP contribution in [0, 0.1) is 0 Å². The lowest BCUT2D eigenvalue weighted by atomic mass is 10.2. The predicted molar refractivity (Wildman–Crippen MR) is 125 cm³/mol. The minimum Gasteiger partial charge on any atom is -0.435 e. The average molecular weight is 488 g/mol. The molecule has 2 heterocycles. The van der Waals surface area contributed by atoms with Gasteiger partial charge in [0, 0.05) is 24.3 Å². The second-order valence-corrected chi connectivity index (χ2v) is 8.39. The highest BCUT2D eigenvalue weighted by molar-refractivity contribution is 7.99. The standard InChI is InChI=1S/C23H23F2N5O3S/c1-30(2)14-19(31)29-21(15-9-12-26-13-10-15)34-22-18(4-3-11-27-22)20(32)28-16-5-7-17(8-6-16)33-23(24)25/h3-13,21,23H,14H2,1-2H3,(H,28,32)(H,29,31). The predicted octanol–water partition coefficient (Wildman–Crippen LogP) is 3.80. The first-order valence-corrected chi connectivity index (χ1v) is 11.0. The lowest BCUT2D eigenvalue weighted by Crippen LogP contribution is -2.35. The number of anilines is 1. The number of benzene rings is 1. The van der Waals surface area contributed by atoms with Crippen molar-refractivity contribution >= 4 is 29.3 Å². The van der Waals surface area contributed by atoms with Gasteiger partial charge in [-0.1, -0.05) is 11.8 Å². The van der Waals surface area contributed by atoms with Crippen LogP contribution >= 0.6 is 11.8 Å². The number of ether oxygens (including phenoxy) is 1. The highest BCUT2D eigenvalue weighted by atomic mass is 32.2. The Balaban J connectivity index is 1.79. The highest BCUT2D eigenvalue weighted by Gasteiger charge is 2.21. The molecule has 0 saturated carbocycles. The van der Waals surface area contributed by atoms with E-state index in [1.807, 2.05) is 0 Å². The number of hydrogen-bond acceptors (Lipinski definition) is 7. The molecule has 11 heteroatoms. The molecule has 3 aromatic rings. The Kier molecular flexibility index (Phi) is 8.88. The zero-order chi connectivity index (χ0) is 24.5. The van der Waals surface area contributed by atoms with Crippen molar-refractivity contribution in [1.82, 2.24) is 20.2 Å². The van der Waals surface area contributed by atoms with Crippen LogP contribution in [-0.2, 0) is 4.79 Å². The fraction of sp³-hybridized carbons (Fsp3) is 0.217. The number of hydrogen-bond donors (Lipinski definition) is 2. The van der Waals surface area contributed by atoms with Crippen LogP contribution in [0.4, 0.5) is 14.5 Å². The number of carbonyl (C=O) groups excluding carboxylic acids is 2. The molecule has 0 spiro atoms. The first-order valence-electron chi connectivity index (χ1n) is 10.1. The van der Waals surface area contributed by atoms with Crippen molar-refractivity contribution in [1.29, 1.82) is 0 Å². The Morgan fingerprint density at radius 3 is 2.41 bits per heavy atom. The molecule has 0 aliphatic carbocycles. The van der Waals surface area contributed by atoms with E-state index in [1.54, 1.807) is 61.9 Å². The number of amides is 2.